The van der Waals surface area contributed by atoms with Gasteiger partial charge >= 0.3 is 0 Å². The van der Waals surface area contributed by atoms with Gasteiger partial charge in [0, 0.05) is 50.0 Å². The Labute approximate surface area is 161 Å². The third-order valence-corrected chi connectivity index (χ3v) is 5.12. The molecule has 1 fully saturated rings. The van der Waals surface area contributed by atoms with E-state index in [1.807, 2.05) is 54.2 Å². The molecule has 1 aromatic heterocycles. The minimum atomic E-state index is 0.0961. The Kier molecular flexibility index (Phi) is 5.75. The number of amides is 1. The molecule has 6 nitrogen and oxygen atoms in total. The lowest BCUT2D eigenvalue weighted by Crippen LogP contribution is -2.34. The molecular weight excluding hydrogens is 338 g/mol. The topological polar surface area (TPSA) is 52.6 Å². The summed E-state index contributed by atoms with van der Waals surface area (Å²) in [6.45, 7) is 3.68. The Balaban J connectivity index is 1.88. The van der Waals surface area contributed by atoms with E-state index in [2.05, 4.69) is 35.9 Å². The molecule has 6 heteroatoms. The Morgan fingerprint density at radius 3 is 2.59 bits per heavy atom. The van der Waals surface area contributed by atoms with Crippen molar-refractivity contribution in [1.82, 2.24) is 19.8 Å². The number of rotatable bonds is 5. The number of aryl methyl sites for hydroxylation is 1. The van der Waals surface area contributed by atoms with E-state index >= 15 is 0 Å². The van der Waals surface area contributed by atoms with Crippen LogP contribution < -0.4 is 4.90 Å². The molecule has 0 bridgehead atoms. The van der Waals surface area contributed by atoms with Crippen LogP contribution in [0.1, 0.15) is 29.4 Å². The summed E-state index contributed by atoms with van der Waals surface area (Å²) in [6, 6.07) is 10.2. The van der Waals surface area contributed by atoms with Crippen molar-refractivity contribution in [3.05, 3.63) is 41.6 Å². The van der Waals surface area contributed by atoms with Crippen molar-refractivity contribution in [2.75, 3.05) is 46.2 Å². The lowest BCUT2D eigenvalue weighted by Gasteiger charge is -2.20. The van der Waals surface area contributed by atoms with Gasteiger partial charge in [-0.1, -0.05) is 19.1 Å². The van der Waals surface area contributed by atoms with Gasteiger partial charge in [-0.05, 0) is 45.1 Å². The van der Waals surface area contributed by atoms with Gasteiger partial charge in [-0.2, -0.15) is 0 Å². The summed E-state index contributed by atoms with van der Waals surface area (Å²) in [5, 5.41) is 0. The molecule has 27 heavy (non-hydrogen) atoms. The van der Waals surface area contributed by atoms with Crippen molar-refractivity contribution < 1.29 is 4.79 Å². The van der Waals surface area contributed by atoms with Gasteiger partial charge in [-0.15, -0.1) is 0 Å². The molecule has 1 saturated heterocycles. The van der Waals surface area contributed by atoms with Crippen molar-refractivity contribution in [1.29, 1.82) is 0 Å². The van der Waals surface area contributed by atoms with Crippen LogP contribution in [0, 0.1) is 0 Å². The highest BCUT2D eigenvalue weighted by Gasteiger charge is 2.28. The Bertz CT molecular complexity index is 818. The number of anilines is 1. The standard InChI is InChI=1S/C21H29N5O/c1-6-17-13-19(23-21(22-17)25(4)5)15-8-7-9-16(12-15)20(27)26-11-10-18(14-26)24(2)3/h7-9,12-13,18H,6,10-11,14H2,1-5H3. The summed E-state index contributed by atoms with van der Waals surface area (Å²) in [7, 11) is 8.02. The quantitative estimate of drug-likeness (QED) is 0.813. The molecule has 1 atom stereocenters. The Morgan fingerprint density at radius 2 is 1.96 bits per heavy atom. The van der Waals surface area contributed by atoms with Crippen LogP contribution in [-0.2, 0) is 6.42 Å². The third kappa shape index (κ3) is 4.27. The second kappa shape index (κ2) is 8.05. The SMILES string of the molecule is CCc1cc(-c2cccc(C(=O)N3CCC(N(C)C)C3)c2)nc(N(C)C)n1. The van der Waals surface area contributed by atoms with Crippen molar-refractivity contribution in [2.45, 2.75) is 25.8 Å². The first-order valence-electron chi connectivity index (χ1n) is 9.50. The Hall–Kier alpha value is -2.47. The lowest BCUT2D eigenvalue weighted by molar-refractivity contribution is 0.0783. The van der Waals surface area contributed by atoms with E-state index in [4.69, 9.17) is 0 Å². The monoisotopic (exact) mass is 367 g/mol. The molecule has 1 aliphatic rings. The largest absolute Gasteiger partial charge is 0.347 e. The van der Waals surface area contributed by atoms with Gasteiger partial charge in [0.2, 0.25) is 5.95 Å². The fourth-order valence-electron chi connectivity index (χ4n) is 3.35. The number of likely N-dealkylation sites (N-methyl/N-ethyl adjacent to an activating group) is 1. The van der Waals surface area contributed by atoms with Crippen molar-refractivity contribution in [3.63, 3.8) is 0 Å². The molecule has 0 radical (unpaired) electrons. The third-order valence-electron chi connectivity index (χ3n) is 5.12. The van der Waals surface area contributed by atoms with Gasteiger partial charge < -0.3 is 14.7 Å². The second-order valence-electron chi connectivity index (χ2n) is 7.53. The summed E-state index contributed by atoms with van der Waals surface area (Å²) >= 11 is 0. The summed E-state index contributed by atoms with van der Waals surface area (Å²) in [4.78, 5) is 28.2. The summed E-state index contributed by atoms with van der Waals surface area (Å²) < 4.78 is 0. The van der Waals surface area contributed by atoms with Crippen LogP contribution in [-0.4, -0.2) is 73.0 Å². The first-order valence-corrected chi connectivity index (χ1v) is 9.50. The molecule has 0 N–H and O–H groups in total. The van der Waals surface area contributed by atoms with E-state index in [9.17, 15) is 4.79 Å². The number of benzene rings is 1. The first kappa shape index (κ1) is 19.3. The van der Waals surface area contributed by atoms with E-state index in [0.29, 0.717) is 12.0 Å². The highest BCUT2D eigenvalue weighted by atomic mass is 16.2. The molecule has 2 heterocycles. The molecule has 0 aliphatic carbocycles. The van der Waals surface area contributed by atoms with Crippen molar-refractivity contribution in [2.24, 2.45) is 0 Å². The van der Waals surface area contributed by atoms with E-state index in [1.54, 1.807) is 0 Å². The molecule has 3 rings (SSSR count). The zero-order chi connectivity index (χ0) is 19.6. The predicted molar refractivity (Wildman–Crippen MR) is 109 cm³/mol. The number of hydrogen-bond donors (Lipinski definition) is 0. The van der Waals surface area contributed by atoms with E-state index in [-0.39, 0.29) is 5.91 Å². The summed E-state index contributed by atoms with van der Waals surface area (Å²) in [5.74, 6) is 0.785. The van der Waals surface area contributed by atoms with Crippen molar-refractivity contribution >= 4 is 11.9 Å². The summed E-state index contributed by atoms with van der Waals surface area (Å²) in [6.07, 6.45) is 1.87. The maximum atomic E-state index is 13.0. The molecule has 2 aromatic rings. The van der Waals surface area contributed by atoms with Gasteiger partial charge in [-0.25, -0.2) is 9.97 Å². The van der Waals surface area contributed by atoms with Gasteiger partial charge in [-0.3, -0.25) is 4.79 Å². The maximum Gasteiger partial charge on any atom is 0.253 e. The van der Waals surface area contributed by atoms with Gasteiger partial charge in [0.25, 0.3) is 5.91 Å². The zero-order valence-corrected chi connectivity index (χ0v) is 16.9. The van der Waals surface area contributed by atoms with Crippen LogP contribution in [0.4, 0.5) is 5.95 Å². The minimum absolute atomic E-state index is 0.0961. The van der Waals surface area contributed by atoms with E-state index in [1.165, 1.54) is 0 Å². The van der Waals surface area contributed by atoms with Crippen LogP contribution >= 0.6 is 0 Å². The normalized spacial score (nSPS) is 16.8. The van der Waals surface area contributed by atoms with Crippen LogP contribution in [0.15, 0.2) is 30.3 Å². The van der Waals surface area contributed by atoms with E-state index in [0.717, 1.165) is 48.4 Å². The summed E-state index contributed by atoms with van der Waals surface area (Å²) in [5.41, 5.74) is 3.51. The number of hydrogen-bond acceptors (Lipinski definition) is 5. The molecule has 1 aromatic carbocycles. The highest BCUT2D eigenvalue weighted by Crippen LogP contribution is 2.23. The average Bonchev–Trinajstić information content (AvgIpc) is 3.17. The van der Waals surface area contributed by atoms with Crippen LogP contribution in [0.3, 0.4) is 0 Å². The zero-order valence-electron chi connectivity index (χ0n) is 16.9. The molecule has 1 aliphatic heterocycles. The number of likely N-dealkylation sites (tertiary alicyclic amines) is 1. The molecular formula is C21H29N5O. The fourth-order valence-corrected chi connectivity index (χ4v) is 3.35. The molecule has 144 valence electrons. The predicted octanol–water partition coefficient (Wildman–Crippen LogP) is 2.55. The van der Waals surface area contributed by atoms with E-state index < -0.39 is 0 Å². The van der Waals surface area contributed by atoms with Gasteiger partial charge in [0.15, 0.2) is 0 Å². The highest BCUT2D eigenvalue weighted by molar-refractivity contribution is 5.95. The van der Waals surface area contributed by atoms with Crippen LogP contribution in [0.5, 0.6) is 0 Å². The fraction of sp³-hybridized carbons (Fsp3) is 0.476. The maximum absolute atomic E-state index is 13.0. The van der Waals surface area contributed by atoms with Crippen LogP contribution in [0.25, 0.3) is 11.3 Å². The molecule has 1 unspecified atom stereocenters. The smallest absolute Gasteiger partial charge is 0.253 e. The Morgan fingerprint density at radius 1 is 1.19 bits per heavy atom. The van der Waals surface area contributed by atoms with Crippen LogP contribution in [0.2, 0.25) is 0 Å². The first-order chi connectivity index (χ1) is 12.9. The minimum Gasteiger partial charge on any atom is -0.347 e. The average molecular weight is 367 g/mol. The molecule has 1 amide bonds. The number of aromatic nitrogens is 2. The number of carbonyl (C=O) groups is 1. The number of nitrogens with zero attached hydrogens (tertiary/aromatic N) is 5. The molecule has 0 spiro atoms. The number of carbonyl (C=O) groups excluding carboxylic acids is 1. The van der Waals surface area contributed by atoms with Gasteiger partial charge in [0.1, 0.15) is 0 Å². The van der Waals surface area contributed by atoms with Crippen molar-refractivity contribution in [3.8, 4) is 11.3 Å². The molecule has 0 saturated carbocycles. The lowest BCUT2D eigenvalue weighted by atomic mass is 10.1. The second-order valence-corrected chi connectivity index (χ2v) is 7.53. The van der Waals surface area contributed by atoms with Gasteiger partial charge in [0.05, 0.1) is 5.69 Å².